The number of hydrogen-bond donors (Lipinski definition) is 2. The zero-order valence-electron chi connectivity index (χ0n) is 13.3. The van der Waals surface area contributed by atoms with Crippen molar-refractivity contribution < 1.29 is 14.5 Å². The van der Waals surface area contributed by atoms with Crippen LogP contribution in [0.3, 0.4) is 0 Å². The van der Waals surface area contributed by atoms with Crippen LogP contribution in [0.1, 0.15) is 11.3 Å². The van der Waals surface area contributed by atoms with Crippen LogP contribution in [0, 0.1) is 17.0 Å². The lowest BCUT2D eigenvalue weighted by Crippen LogP contribution is -2.27. The number of thiazole rings is 1. The predicted octanol–water partition coefficient (Wildman–Crippen LogP) is 2.07. The summed E-state index contributed by atoms with van der Waals surface area (Å²) in [5, 5.41) is 18.6. The normalized spacial score (nSPS) is 13.6. The summed E-state index contributed by atoms with van der Waals surface area (Å²) in [6.45, 7) is 2.70. The van der Waals surface area contributed by atoms with Crippen molar-refractivity contribution in [1.82, 2.24) is 10.3 Å². The first-order chi connectivity index (χ1) is 12.0. The van der Waals surface area contributed by atoms with E-state index in [0.29, 0.717) is 35.2 Å². The molecule has 0 radical (unpaired) electrons. The Labute approximate surface area is 146 Å². The van der Waals surface area contributed by atoms with E-state index in [0.717, 1.165) is 0 Å². The van der Waals surface area contributed by atoms with Gasteiger partial charge in [0.25, 0.3) is 5.69 Å². The second-order valence-corrected chi connectivity index (χ2v) is 6.27. The van der Waals surface area contributed by atoms with E-state index >= 15 is 0 Å². The van der Waals surface area contributed by atoms with Crippen LogP contribution in [0.5, 0.6) is 0 Å². The van der Waals surface area contributed by atoms with Gasteiger partial charge in [0.1, 0.15) is 0 Å². The molecule has 10 heteroatoms. The monoisotopic (exact) mass is 361 g/mol. The van der Waals surface area contributed by atoms with Gasteiger partial charge >= 0.3 is 6.03 Å². The molecule has 130 valence electrons. The van der Waals surface area contributed by atoms with Crippen LogP contribution in [-0.2, 0) is 11.2 Å². The molecule has 0 atom stereocenters. The van der Waals surface area contributed by atoms with Gasteiger partial charge in [-0.15, -0.1) is 11.3 Å². The van der Waals surface area contributed by atoms with E-state index in [1.807, 2.05) is 0 Å². The lowest BCUT2D eigenvalue weighted by molar-refractivity contribution is -0.385. The third-order valence-electron chi connectivity index (χ3n) is 3.74. The van der Waals surface area contributed by atoms with Crippen LogP contribution >= 0.6 is 11.3 Å². The second kappa shape index (κ2) is 6.85. The molecule has 0 aliphatic carbocycles. The molecule has 1 aromatic carbocycles. The number of amides is 3. The van der Waals surface area contributed by atoms with Gasteiger partial charge in [-0.3, -0.25) is 19.8 Å². The highest BCUT2D eigenvalue weighted by Crippen LogP contribution is 2.26. The maximum Gasteiger partial charge on any atom is 0.323 e. The SMILES string of the molecule is Cc1c(NC(=O)Cc2csc(N3CCNC3=O)n2)cccc1[N+](=O)[O-]. The first kappa shape index (κ1) is 16.8. The molecule has 3 amide bonds. The molecule has 1 aliphatic heterocycles. The number of urea groups is 1. The molecular weight excluding hydrogens is 346 g/mol. The van der Waals surface area contributed by atoms with Crippen LogP contribution in [-0.4, -0.2) is 34.9 Å². The molecule has 9 nitrogen and oxygen atoms in total. The van der Waals surface area contributed by atoms with Gasteiger partial charge in [-0.1, -0.05) is 6.07 Å². The van der Waals surface area contributed by atoms with E-state index in [1.54, 1.807) is 18.4 Å². The second-order valence-electron chi connectivity index (χ2n) is 5.44. The van der Waals surface area contributed by atoms with Gasteiger partial charge in [-0.25, -0.2) is 9.78 Å². The Balaban J connectivity index is 1.67. The maximum absolute atomic E-state index is 12.2. The average molecular weight is 361 g/mol. The van der Waals surface area contributed by atoms with Crippen molar-refractivity contribution in [3.63, 3.8) is 0 Å². The zero-order chi connectivity index (χ0) is 18.0. The number of aromatic nitrogens is 1. The van der Waals surface area contributed by atoms with E-state index in [-0.39, 0.29) is 24.0 Å². The van der Waals surface area contributed by atoms with Gasteiger partial charge < -0.3 is 10.6 Å². The molecule has 1 aromatic heterocycles. The van der Waals surface area contributed by atoms with E-state index in [1.165, 1.54) is 28.4 Å². The predicted molar refractivity (Wildman–Crippen MR) is 93.0 cm³/mol. The largest absolute Gasteiger partial charge is 0.336 e. The number of carbonyl (C=O) groups is 2. The van der Waals surface area contributed by atoms with Gasteiger partial charge in [0.15, 0.2) is 5.13 Å². The van der Waals surface area contributed by atoms with Gasteiger partial charge in [0.2, 0.25) is 5.91 Å². The number of nitrogens with zero attached hydrogens (tertiary/aromatic N) is 3. The standard InChI is InChI=1S/C15H15N5O4S/c1-9-11(3-2-4-12(9)20(23)24)18-13(21)7-10-8-25-15(17-10)19-6-5-16-14(19)22/h2-4,8H,5-7H2,1H3,(H,16,22)(H,18,21). The third kappa shape index (κ3) is 3.58. The van der Waals surface area contributed by atoms with Gasteiger partial charge in [0, 0.05) is 24.5 Å². The van der Waals surface area contributed by atoms with Crippen LogP contribution in [0.25, 0.3) is 0 Å². The minimum absolute atomic E-state index is 0.0219. The van der Waals surface area contributed by atoms with Crippen LogP contribution in [0.4, 0.5) is 21.3 Å². The minimum Gasteiger partial charge on any atom is -0.336 e. The molecule has 2 N–H and O–H groups in total. The molecule has 0 unspecified atom stereocenters. The summed E-state index contributed by atoms with van der Waals surface area (Å²) in [5.41, 5.74) is 1.29. The van der Waals surface area contributed by atoms with Crippen molar-refractivity contribution in [3.05, 3.63) is 45.0 Å². The highest BCUT2D eigenvalue weighted by molar-refractivity contribution is 7.14. The number of benzene rings is 1. The van der Waals surface area contributed by atoms with E-state index in [9.17, 15) is 19.7 Å². The lowest BCUT2D eigenvalue weighted by Gasteiger charge is -2.09. The number of nitro groups is 1. The molecule has 1 saturated heterocycles. The molecule has 0 saturated carbocycles. The molecule has 2 heterocycles. The quantitative estimate of drug-likeness (QED) is 0.624. The number of carbonyl (C=O) groups excluding carboxylic acids is 2. The summed E-state index contributed by atoms with van der Waals surface area (Å²) >= 11 is 1.29. The molecule has 2 aromatic rings. The average Bonchev–Trinajstić information content (AvgIpc) is 3.17. The van der Waals surface area contributed by atoms with Gasteiger partial charge in [-0.05, 0) is 13.0 Å². The first-order valence-electron chi connectivity index (χ1n) is 7.49. The maximum atomic E-state index is 12.2. The number of rotatable bonds is 5. The van der Waals surface area contributed by atoms with Crippen LogP contribution in [0.2, 0.25) is 0 Å². The van der Waals surface area contributed by atoms with Crippen molar-refractivity contribution in [2.45, 2.75) is 13.3 Å². The Morgan fingerprint density at radius 2 is 2.32 bits per heavy atom. The first-order valence-corrected chi connectivity index (χ1v) is 8.37. The summed E-state index contributed by atoms with van der Waals surface area (Å²) < 4.78 is 0. The fourth-order valence-electron chi connectivity index (χ4n) is 2.47. The highest BCUT2D eigenvalue weighted by Gasteiger charge is 2.24. The summed E-state index contributed by atoms with van der Waals surface area (Å²) in [5.74, 6) is -0.327. The molecule has 3 rings (SSSR count). The molecule has 0 spiro atoms. The van der Waals surface area contributed by atoms with Crippen molar-refractivity contribution in [2.75, 3.05) is 23.3 Å². The van der Waals surface area contributed by atoms with Gasteiger partial charge in [0.05, 0.1) is 28.3 Å². The Bertz CT molecular complexity index is 850. The molecule has 1 fully saturated rings. The zero-order valence-corrected chi connectivity index (χ0v) is 14.1. The van der Waals surface area contributed by atoms with Crippen LogP contribution in [0.15, 0.2) is 23.6 Å². The number of nitro benzene ring substituents is 1. The highest BCUT2D eigenvalue weighted by atomic mass is 32.1. The van der Waals surface area contributed by atoms with Crippen molar-refractivity contribution in [1.29, 1.82) is 0 Å². The van der Waals surface area contributed by atoms with E-state index in [2.05, 4.69) is 15.6 Å². The third-order valence-corrected chi connectivity index (χ3v) is 4.66. The summed E-state index contributed by atoms with van der Waals surface area (Å²) in [6.07, 6.45) is 0.0219. The summed E-state index contributed by atoms with van der Waals surface area (Å²) in [4.78, 5) is 40.1. The van der Waals surface area contributed by atoms with Gasteiger partial charge in [-0.2, -0.15) is 0 Å². The van der Waals surface area contributed by atoms with E-state index in [4.69, 9.17) is 0 Å². The Hall–Kier alpha value is -3.01. The molecule has 25 heavy (non-hydrogen) atoms. The Morgan fingerprint density at radius 1 is 1.52 bits per heavy atom. The molecule has 0 bridgehead atoms. The number of anilines is 2. The molecule has 1 aliphatic rings. The smallest absolute Gasteiger partial charge is 0.323 e. The molecular formula is C15H15N5O4S. The minimum atomic E-state index is -0.487. The lowest BCUT2D eigenvalue weighted by atomic mass is 10.1. The summed E-state index contributed by atoms with van der Waals surface area (Å²) in [6, 6.07) is 4.32. The Kier molecular flexibility index (Phi) is 4.61. The fourth-order valence-corrected chi connectivity index (χ4v) is 3.32. The summed E-state index contributed by atoms with van der Waals surface area (Å²) in [7, 11) is 0. The Morgan fingerprint density at radius 3 is 3.00 bits per heavy atom. The fraction of sp³-hybridized carbons (Fsp3) is 0.267. The topological polar surface area (TPSA) is 117 Å². The number of nitrogens with one attached hydrogen (secondary N) is 2. The van der Waals surface area contributed by atoms with E-state index < -0.39 is 4.92 Å². The van der Waals surface area contributed by atoms with Crippen molar-refractivity contribution in [2.24, 2.45) is 0 Å². The number of hydrogen-bond acceptors (Lipinski definition) is 6. The van der Waals surface area contributed by atoms with Crippen molar-refractivity contribution >= 4 is 39.8 Å². The van der Waals surface area contributed by atoms with Crippen LogP contribution < -0.4 is 15.5 Å². The van der Waals surface area contributed by atoms with Crippen molar-refractivity contribution in [3.8, 4) is 0 Å².